The number of nitrogens with zero attached hydrogens (tertiary/aromatic N) is 1. The van der Waals surface area contributed by atoms with E-state index >= 15 is 0 Å². The Labute approximate surface area is 135 Å². The predicted molar refractivity (Wildman–Crippen MR) is 87.9 cm³/mol. The number of likely N-dealkylation sites (N-methyl/N-ethyl adjacent to an activating group) is 1. The first-order chi connectivity index (χ1) is 11.0. The van der Waals surface area contributed by atoms with Crippen LogP contribution in [0.3, 0.4) is 0 Å². The van der Waals surface area contributed by atoms with Crippen LogP contribution in [0.25, 0.3) is 0 Å². The summed E-state index contributed by atoms with van der Waals surface area (Å²) in [7, 11) is 3.35. The van der Waals surface area contributed by atoms with Crippen molar-refractivity contribution in [2.45, 2.75) is 6.54 Å². The third-order valence-electron chi connectivity index (χ3n) is 2.97. The number of hydrogen-bond acceptors (Lipinski definition) is 4. The van der Waals surface area contributed by atoms with Gasteiger partial charge in [0.1, 0.15) is 0 Å². The maximum atomic E-state index is 11.7. The lowest BCUT2D eigenvalue weighted by Gasteiger charge is -2.16. The molecule has 3 N–H and O–H groups in total. The number of hydrogen-bond donors (Lipinski definition) is 3. The van der Waals surface area contributed by atoms with Gasteiger partial charge in [-0.2, -0.15) is 0 Å². The minimum Gasteiger partial charge on any atom is -0.355 e. The van der Waals surface area contributed by atoms with E-state index in [1.165, 1.54) is 6.08 Å². The summed E-state index contributed by atoms with van der Waals surface area (Å²) in [6, 6.07) is 6.57. The Morgan fingerprint density at radius 2 is 1.87 bits per heavy atom. The third-order valence-corrected chi connectivity index (χ3v) is 2.97. The van der Waals surface area contributed by atoms with Crippen LogP contribution in [0.5, 0.6) is 0 Å². The summed E-state index contributed by atoms with van der Waals surface area (Å²) in [5.41, 5.74) is 1.54. The third kappa shape index (κ3) is 6.75. The summed E-state index contributed by atoms with van der Waals surface area (Å²) < 4.78 is 0. The molecule has 0 aliphatic carbocycles. The molecule has 1 aromatic rings. The van der Waals surface area contributed by atoms with Crippen LogP contribution in [-0.4, -0.2) is 49.9 Å². The van der Waals surface area contributed by atoms with Crippen molar-refractivity contribution in [1.29, 1.82) is 0 Å². The van der Waals surface area contributed by atoms with Gasteiger partial charge in [0.25, 0.3) is 5.91 Å². The first-order valence-electron chi connectivity index (χ1n) is 7.14. The molecule has 0 bridgehead atoms. The van der Waals surface area contributed by atoms with Gasteiger partial charge in [0.2, 0.25) is 5.91 Å². The molecule has 0 spiro atoms. The molecule has 23 heavy (non-hydrogen) atoms. The molecule has 0 fully saturated rings. The molecule has 1 aromatic carbocycles. The number of urea groups is 1. The fourth-order valence-electron chi connectivity index (χ4n) is 1.89. The quantitative estimate of drug-likeness (QED) is 0.638. The largest absolute Gasteiger partial charge is 0.355 e. The SMILES string of the molecule is C=CCNC(=O)NC(=O)CN(C)Cc1ccc(C(=O)NC)cc1. The van der Waals surface area contributed by atoms with Crippen molar-refractivity contribution < 1.29 is 14.4 Å². The van der Waals surface area contributed by atoms with Crippen LogP contribution < -0.4 is 16.0 Å². The Morgan fingerprint density at radius 3 is 2.43 bits per heavy atom. The Kier molecular flexibility index (Phi) is 7.49. The van der Waals surface area contributed by atoms with E-state index in [4.69, 9.17) is 0 Å². The zero-order valence-electron chi connectivity index (χ0n) is 13.4. The molecule has 7 heteroatoms. The van der Waals surface area contributed by atoms with Crippen LogP contribution in [0.4, 0.5) is 4.79 Å². The molecule has 0 saturated heterocycles. The van der Waals surface area contributed by atoms with Crippen molar-refractivity contribution in [2.75, 3.05) is 27.2 Å². The predicted octanol–water partition coefficient (Wildman–Crippen LogP) is 0.490. The molecule has 1 rings (SSSR count). The second kappa shape index (κ2) is 9.37. The topological polar surface area (TPSA) is 90.5 Å². The second-order valence-corrected chi connectivity index (χ2v) is 5.00. The van der Waals surface area contributed by atoms with Gasteiger partial charge in [-0.1, -0.05) is 18.2 Å². The highest BCUT2D eigenvalue weighted by atomic mass is 16.2. The van der Waals surface area contributed by atoms with Gasteiger partial charge in [-0.3, -0.25) is 19.8 Å². The molecule has 0 heterocycles. The van der Waals surface area contributed by atoms with E-state index < -0.39 is 11.9 Å². The van der Waals surface area contributed by atoms with E-state index in [2.05, 4.69) is 22.5 Å². The summed E-state index contributed by atoms with van der Waals surface area (Å²) in [6.45, 7) is 4.37. The van der Waals surface area contributed by atoms with Gasteiger partial charge in [-0.05, 0) is 24.7 Å². The highest BCUT2D eigenvalue weighted by Crippen LogP contribution is 2.06. The van der Waals surface area contributed by atoms with Crippen LogP contribution in [0, 0.1) is 0 Å². The van der Waals surface area contributed by atoms with Crippen LogP contribution in [0.1, 0.15) is 15.9 Å². The minimum atomic E-state index is -0.543. The second-order valence-electron chi connectivity index (χ2n) is 5.00. The van der Waals surface area contributed by atoms with E-state index in [9.17, 15) is 14.4 Å². The summed E-state index contributed by atoms with van der Waals surface area (Å²) >= 11 is 0. The van der Waals surface area contributed by atoms with Gasteiger partial charge in [0.15, 0.2) is 0 Å². The molecule has 0 aliphatic heterocycles. The normalized spacial score (nSPS) is 10.0. The molecular formula is C16H22N4O3. The lowest BCUT2D eigenvalue weighted by atomic mass is 10.1. The van der Waals surface area contributed by atoms with Gasteiger partial charge < -0.3 is 10.6 Å². The molecule has 0 radical (unpaired) electrons. The fourth-order valence-corrected chi connectivity index (χ4v) is 1.89. The molecule has 7 nitrogen and oxygen atoms in total. The molecule has 0 aliphatic rings. The number of imide groups is 1. The number of carbonyl (C=O) groups is 3. The summed E-state index contributed by atoms with van der Waals surface area (Å²) in [5.74, 6) is -0.536. The first-order valence-corrected chi connectivity index (χ1v) is 7.14. The van der Waals surface area contributed by atoms with E-state index in [0.717, 1.165) is 5.56 Å². The van der Waals surface area contributed by atoms with Gasteiger partial charge >= 0.3 is 6.03 Å². The number of nitrogens with one attached hydrogen (secondary N) is 3. The molecule has 0 saturated carbocycles. The molecule has 124 valence electrons. The maximum absolute atomic E-state index is 11.7. The Hall–Kier alpha value is -2.67. The van der Waals surface area contributed by atoms with Crippen LogP contribution in [0.2, 0.25) is 0 Å². The van der Waals surface area contributed by atoms with Crippen molar-refractivity contribution in [2.24, 2.45) is 0 Å². The van der Waals surface area contributed by atoms with Crippen molar-refractivity contribution in [3.63, 3.8) is 0 Å². The number of benzene rings is 1. The van der Waals surface area contributed by atoms with E-state index in [-0.39, 0.29) is 12.5 Å². The Bertz CT molecular complexity index is 569. The lowest BCUT2D eigenvalue weighted by Crippen LogP contribution is -2.43. The van der Waals surface area contributed by atoms with E-state index in [1.54, 1.807) is 31.1 Å². The highest BCUT2D eigenvalue weighted by Gasteiger charge is 2.10. The Balaban J connectivity index is 2.45. The Morgan fingerprint density at radius 1 is 1.22 bits per heavy atom. The molecule has 4 amide bonds. The molecule has 0 unspecified atom stereocenters. The molecule has 0 aromatic heterocycles. The summed E-state index contributed by atoms with van der Waals surface area (Å²) in [6.07, 6.45) is 1.53. The smallest absolute Gasteiger partial charge is 0.321 e. The standard InChI is InChI=1S/C16H22N4O3/c1-4-9-18-16(23)19-14(21)11-20(3)10-12-5-7-13(8-6-12)15(22)17-2/h4-8H,1,9-11H2,2-3H3,(H,17,22)(H2,18,19,21,23). The van der Waals surface area contributed by atoms with E-state index in [0.29, 0.717) is 18.7 Å². The highest BCUT2D eigenvalue weighted by molar-refractivity contribution is 5.95. The van der Waals surface area contributed by atoms with Crippen molar-refractivity contribution >= 4 is 17.8 Å². The van der Waals surface area contributed by atoms with Crippen LogP contribution in [0.15, 0.2) is 36.9 Å². The summed E-state index contributed by atoms with van der Waals surface area (Å²) in [4.78, 5) is 36.3. The van der Waals surface area contributed by atoms with Gasteiger partial charge in [-0.25, -0.2) is 4.79 Å². The monoisotopic (exact) mass is 318 g/mol. The maximum Gasteiger partial charge on any atom is 0.321 e. The average molecular weight is 318 g/mol. The minimum absolute atomic E-state index is 0.0821. The van der Waals surface area contributed by atoms with Crippen molar-refractivity contribution in [3.8, 4) is 0 Å². The average Bonchev–Trinajstić information content (AvgIpc) is 2.52. The van der Waals surface area contributed by atoms with Crippen molar-refractivity contribution in [1.82, 2.24) is 20.9 Å². The van der Waals surface area contributed by atoms with Gasteiger partial charge in [0.05, 0.1) is 6.54 Å². The fraction of sp³-hybridized carbons (Fsp3) is 0.312. The van der Waals surface area contributed by atoms with E-state index in [1.807, 2.05) is 12.1 Å². The lowest BCUT2D eigenvalue weighted by molar-refractivity contribution is -0.120. The van der Waals surface area contributed by atoms with Crippen LogP contribution in [-0.2, 0) is 11.3 Å². The van der Waals surface area contributed by atoms with Gasteiger partial charge in [0, 0.05) is 25.7 Å². The number of rotatable bonds is 7. The summed E-state index contributed by atoms with van der Waals surface area (Å²) in [5, 5.41) is 7.25. The molecular weight excluding hydrogens is 296 g/mol. The number of carbonyl (C=O) groups excluding carboxylic acids is 3. The van der Waals surface area contributed by atoms with Crippen LogP contribution >= 0.6 is 0 Å². The zero-order chi connectivity index (χ0) is 17.2. The number of amides is 4. The zero-order valence-corrected chi connectivity index (χ0v) is 13.4. The van der Waals surface area contributed by atoms with Crippen molar-refractivity contribution in [3.05, 3.63) is 48.0 Å². The van der Waals surface area contributed by atoms with Gasteiger partial charge in [-0.15, -0.1) is 6.58 Å². The first kappa shape index (κ1) is 18.4. The molecule has 0 atom stereocenters.